The second-order valence-electron chi connectivity index (χ2n) is 4.88. The van der Waals surface area contributed by atoms with Crippen LogP contribution in [0.4, 0.5) is 4.79 Å². The van der Waals surface area contributed by atoms with Crippen molar-refractivity contribution in [2.24, 2.45) is 5.73 Å². The topological polar surface area (TPSA) is 88.2 Å². The van der Waals surface area contributed by atoms with Crippen molar-refractivity contribution in [2.75, 3.05) is 0 Å². The van der Waals surface area contributed by atoms with Gasteiger partial charge in [0.1, 0.15) is 17.1 Å². The number of amides is 1. The van der Waals surface area contributed by atoms with Crippen LogP contribution in [0, 0.1) is 5.41 Å². The first-order valence-electron chi connectivity index (χ1n) is 6.52. The van der Waals surface area contributed by atoms with Crippen LogP contribution in [0.3, 0.4) is 0 Å². The van der Waals surface area contributed by atoms with E-state index in [1.54, 1.807) is 24.3 Å². The Morgan fingerprint density at radius 2 is 1.84 bits per heavy atom. The maximum Gasteiger partial charge on any atom is 0.413 e. The summed E-state index contributed by atoms with van der Waals surface area (Å²) < 4.78 is 5.19. The summed E-state index contributed by atoms with van der Waals surface area (Å²) in [5.41, 5.74) is 4.92. The monoisotopic (exact) mass is 261 g/mol. The fourth-order valence-electron chi connectivity index (χ4n) is 2.43. The van der Waals surface area contributed by atoms with Crippen LogP contribution in [0.25, 0.3) is 0 Å². The Morgan fingerprint density at radius 1 is 1.21 bits per heavy atom. The van der Waals surface area contributed by atoms with E-state index in [4.69, 9.17) is 15.9 Å². The minimum Gasteiger partial charge on any atom is -0.410 e. The van der Waals surface area contributed by atoms with Crippen molar-refractivity contribution < 1.29 is 9.53 Å². The maximum absolute atomic E-state index is 11.9. The molecular weight excluding hydrogens is 242 g/mol. The molecule has 1 aromatic rings. The van der Waals surface area contributed by atoms with Gasteiger partial charge in [0.2, 0.25) is 0 Å². The van der Waals surface area contributed by atoms with E-state index in [0.29, 0.717) is 18.6 Å². The number of nitrogens with two attached hydrogens (primary N) is 1. The van der Waals surface area contributed by atoms with Crippen molar-refractivity contribution in [3.05, 3.63) is 30.3 Å². The van der Waals surface area contributed by atoms with Crippen molar-refractivity contribution in [3.8, 4) is 5.75 Å². The third-order valence-electron chi connectivity index (χ3n) is 3.52. The molecule has 1 aliphatic rings. The third-order valence-corrected chi connectivity index (χ3v) is 3.52. The SMILES string of the molecule is N=C(N)C1(NC(=O)Oc2ccccc2)CCCCC1. The van der Waals surface area contributed by atoms with E-state index in [1.807, 2.05) is 6.07 Å². The van der Waals surface area contributed by atoms with E-state index in [2.05, 4.69) is 5.32 Å². The second kappa shape index (κ2) is 5.73. The average molecular weight is 261 g/mol. The molecule has 0 unspecified atom stereocenters. The molecule has 1 fully saturated rings. The second-order valence-corrected chi connectivity index (χ2v) is 4.88. The summed E-state index contributed by atoms with van der Waals surface area (Å²) in [6, 6.07) is 8.86. The molecule has 0 atom stereocenters. The molecule has 0 aromatic heterocycles. The van der Waals surface area contributed by atoms with E-state index < -0.39 is 11.6 Å². The quantitative estimate of drug-likeness (QED) is 0.576. The summed E-state index contributed by atoms with van der Waals surface area (Å²) in [5, 5.41) is 10.5. The first-order chi connectivity index (χ1) is 9.12. The molecule has 2 rings (SSSR count). The number of hydrogen-bond donors (Lipinski definition) is 3. The number of rotatable bonds is 3. The highest BCUT2D eigenvalue weighted by Crippen LogP contribution is 2.28. The van der Waals surface area contributed by atoms with Gasteiger partial charge in [-0.15, -0.1) is 0 Å². The molecule has 0 heterocycles. The first-order valence-corrected chi connectivity index (χ1v) is 6.52. The zero-order valence-corrected chi connectivity index (χ0v) is 10.8. The molecule has 5 heteroatoms. The van der Waals surface area contributed by atoms with Gasteiger partial charge in [-0.1, -0.05) is 37.5 Å². The largest absolute Gasteiger partial charge is 0.413 e. The highest BCUT2D eigenvalue weighted by Gasteiger charge is 2.37. The Hall–Kier alpha value is -2.04. The van der Waals surface area contributed by atoms with Crippen molar-refractivity contribution in [1.82, 2.24) is 5.32 Å². The van der Waals surface area contributed by atoms with Crippen LogP contribution >= 0.6 is 0 Å². The number of amidine groups is 1. The number of benzene rings is 1. The number of carbonyl (C=O) groups excluding carboxylic acids is 1. The molecule has 1 aliphatic carbocycles. The molecule has 0 spiro atoms. The molecule has 0 saturated heterocycles. The molecule has 4 N–H and O–H groups in total. The molecular formula is C14H19N3O2. The lowest BCUT2D eigenvalue weighted by Crippen LogP contribution is -2.58. The smallest absolute Gasteiger partial charge is 0.410 e. The van der Waals surface area contributed by atoms with Gasteiger partial charge in [0.25, 0.3) is 0 Å². The van der Waals surface area contributed by atoms with E-state index in [9.17, 15) is 4.79 Å². The molecule has 0 radical (unpaired) electrons. The number of para-hydroxylation sites is 1. The zero-order valence-electron chi connectivity index (χ0n) is 10.8. The van der Waals surface area contributed by atoms with E-state index in [1.165, 1.54) is 0 Å². The van der Waals surface area contributed by atoms with Crippen molar-refractivity contribution in [3.63, 3.8) is 0 Å². The Bertz CT molecular complexity index is 453. The van der Waals surface area contributed by atoms with Crippen LogP contribution in [0.15, 0.2) is 30.3 Å². The predicted molar refractivity (Wildman–Crippen MR) is 73.3 cm³/mol. The number of carbonyl (C=O) groups is 1. The molecule has 1 saturated carbocycles. The molecule has 1 amide bonds. The van der Waals surface area contributed by atoms with Crippen molar-refractivity contribution in [2.45, 2.75) is 37.6 Å². The van der Waals surface area contributed by atoms with Crippen LogP contribution in [-0.2, 0) is 0 Å². The lowest BCUT2D eigenvalue weighted by Gasteiger charge is -2.36. The molecule has 0 bridgehead atoms. The van der Waals surface area contributed by atoms with Gasteiger partial charge in [0, 0.05) is 0 Å². The average Bonchev–Trinajstić information content (AvgIpc) is 2.40. The summed E-state index contributed by atoms with van der Waals surface area (Å²) in [7, 11) is 0. The van der Waals surface area contributed by atoms with Crippen molar-refractivity contribution in [1.29, 1.82) is 5.41 Å². The number of nitrogens with one attached hydrogen (secondary N) is 2. The molecule has 5 nitrogen and oxygen atoms in total. The highest BCUT2D eigenvalue weighted by atomic mass is 16.6. The lowest BCUT2D eigenvalue weighted by atomic mass is 9.81. The fraction of sp³-hybridized carbons (Fsp3) is 0.429. The summed E-state index contributed by atoms with van der Waals surface area (Å²) >= 11 is 0. The van der Waals surface area contributed by atoms with Gasteiger partial charge in [-0.25, -0.2) is 4.79 Å². The van der Waals surface area contributed by atoms with Gasteiger partial charge >= 0.3 is 6.09 Å². The summed E-state index contributed by atoms with van der Waals surface area (Å²) in [4.78, 5) is 11.9. The van der Waals surface area contributed by atoms with Crippen molar-refractivity contribution >= 4 is 11.9 Å². The molecule has 1 aromatic carbocycles. The zero-order chi connectivity index (χ0) is 13.7. The van der Waals surface area contributed by atoms with E-state index in [0.717, 1.165) is 19.3 Å². The van der Waals surface area contributed by atoms with Gasteiger partial charge in [0.05, 0.1) is 0 Å². The fourth-order valence-corrected chi connectivity index (χ4v) is 2.43. The Balaban J connectivity index is 2.01. The van der Waals surface area contributed by atoms with Gasteiger partial charge in [-0.05, 0) is 25.0 Å². The van der Waals surface area contributed by atoms with Crippen LogP contribution in [-0.4, -0.2) is 17.5 Å². The van der Waals surface area contributed by atoms with Gasteiger partial charge in [0.15, 0.2) is 0 Å². The van der Waals surface area contributed by atoms with Crippen LogP contribution in [0.5, 0.6) is 5.75 Å². The lowest BCUT2D eigenvalue weighted by molar-refractivity contribution is 0.184. The van der Waals surface area contributed by atoms with Crippen LogP contribution in [0.1, 0.15) is 32.1 Å². The van der Waals surface area contributed by atoms with Crippen LogP contribution in [0.2, 0.25) is 0 Å². The number of ether oxygens (including phenoxy) is 1. The predicted octanol–water partition coefficient (Wildman–Crippen LogP) is 2.41. The minimum absolute atomic E-state index is 0.0113. The van der Waals surface area contributed by atoms with Gasteiger partial charge in [-0.3, -0.25) is 5.41 Å². The third kappa shape index (κ3) is 3.24. The van der Waals surface area contributed by atoms with Crippen LogP contribution < -0.4 is 15.8 Å². The minimum atomic E-state index is -0.732. The Labute approximate surface area is 112 Å². The molecule has 102 valence electrons. The first kappa shape index (κ1) is 13.4. The number of hydrogen-bond acceptors (Lipinski definition) is 3. The summed E-state index contributed by atoms with van der Waals surface area (Å²) in [6.45, 7) is 0. The summed E-state index contributed by atoms with van der Waals surface area (Å²) in [6.07, 6.45) is 3.89. The standard InChI is InChI=1S/C14H19N3O2/c15-12(16)14(9-5-2-6-10-14)17-13(18)19-11-7-3-1-4-8-11/h1,3-4,7-8H,2,5-6,9-10H2,(H3,15,16)(H,17,18). The molecule has 0 aliphatic heterocycles. The summed E-state index contributed by atoms with van der Waals surface area (Å²) in [5.74, 6) is 0.492. The van der Waals surface area contributed by atoms with E-state index >= 15 is 0 Å². The maximum atomic E-state index is 11.9. The van der Waals surface area contributed by atoms with Gasteiger partial charge in [-0.2, -0.15) is 0 Å². The Morgan fingerprint density at radius 3 is 2.42 bits per heavy atom. The highest BCUT2D eigenvalue weighted by molar-refractivity contribution is 5.91. The normalized spacial score (nSPS) is 17.5. The van der Waals surface area contributed by atoms with E-state index in [-0.39, 0.29) is 5.84 Å². The molecule has 19 heavy (non-hydrogen) atoms. The van der Waals surface area contributed by atoms with Gasteiger partial charge < -0.3 is 15.8 Å². The Kier molecular flexibility index (Phi) is 4.04.